The Morgan fingerprint density at radius 2 is 1.94 bits per heavy atom. The van der Waals surface area contributed by atoms with E-state index in [0.717, 1.165) is 24.3 Å². The van der Waals surface area contributed by atoms with Crippen molar-refractivity contribution in [3.63, 3.8) is 0 Å². The molecule has 1 fully saturated rings. The van der Waals surface area contributed by atoms with Gasteiger partial charge in [-0.2, -0.15) is 0 Å². The van der Waals surface area contributed by atoms with Gasteiger partial charge in [0.15, 0.2) is 0 Å². The van der Waals surface area contributed by atoms with Crippen LogP contribution in [-0.2, 0) is 0 Å². The Hall–Kier alpha value is -0.0800. The summed E-state index contributed by atoms with van der Waals surface area (Å²) in [5.41, 5.74) is 0. The third kappa shape index (κ3) is 4.06. The Morgan fingerprint density at radius 3 is 2.50 bits per heavy atom. The van der Waals surface area contributed by atoms with E-state index in [1.807, 2.05) is 0 Å². The Kier molecular flexibility index (Phi) is 5.77. The van der Waals surface area contributed by atoms with Crippen LogP contribution >= 0.6 is 0 Å². The van der Waals surface area contributed by atoms with E-state index in [1.165, 1.54) is 19.3 Å². The van der Waals surface area contributed by atoms with Gasteiger partial charge in [-0.25, -0.2) is 0 Å². The van der Waals surface area contributed by atoms with Crippen LogP contribution in [0.4, 0.5) is 0 Å². The minimum Gasteiger partial charge on any atom is -0.396 e. The largest absolute Gasteiger partial charge is 0.396 e. The number of nitrogens with one attached hydrogen (secondary N) is 1. The lowest BCUT2D eigenvalue weighted by Crippen LogP contribution is -2.44. The van der Waals surface area contributed by atoms with E-state index in [4.69, 9.17) is 5.11 Å². The number of hydrogen-bond donors (Lipinski definition) is 2. The molecule has 4 atom stereocenters. The van der Waals surface area contributed by atoms with E-state index in [-0.39, 0.29) is 0 Å². The summed E-state index contributed by atoms with van der Waals surface area (Å²) in [4.78, 5) is 0. The monoisotopic (exact) mass is 227 g/mol. The summed E-state index contributed by atoms with van der Waals surface area (Å²) in [6, 6.07) is 0.665. The highest BCUT2D eigenvalue weighted by Gasteiger charge is 2.30. The van der Waals surface area contributed by atoms with Gasteiger partial charge in [0.25, 0.3) is 0 Å². The van der Waals surface area contributed by atoms with Gasteiger partial charge in [0, 0.05) is 19.2 Å². The quantitative estimate of drug-likeness (QED) is 0.757. The fourth-order valence-electron chi connectivity index (χ4n) is 2.85. The van der Waals surface area contributed by atoms with Crippen molar-refractivity contribution in [2.24, 2.45) is 23.7 Å². The number of aliphatic hydroxyl groups excluding tert-OH is 1. The predicted molar refractivity (Wildman–Crippen MR) is 69.4 cm³/mol. The van der Waals surface area contributed by atoms with Gasteiger partial charge in [0.1, 0.15) is 0 Å². The third-order valence-corrected chi connectivity index (χ3v) is 4.06. The summed E-state index contributed by atoms with van der Waals surface area (Å²) in [6.45, 7) is 10.4. The highest BCUT2D eigenvalue weighted by atomic mass is 16.3. The molecule has 1 saturated carbocycles. The van der Waals surface area contributed by atoms with Crippen molar-refractivity contribution in [2.45, 2.75) is 53.0 Å². The molecule has 2 N–H and O–H groups in total. The number of rotatable bonds is 5. The first-order chi connectivity index (χ1) is 7.54. The van der Waals surface area contributed by atoms with Crippen molar-refractivity contribution >= 4 is 0 Å². The average molecular weight is 227 g/mol. The van der Waals surface area contributed by atoms with Gasteiger partial charge in [0.2, 0.25) is 0 Å². The molecule has 0 spiro atoms. The zero-order valence-corrected chi connectivity index (χ0v) is 11.4. The lowest BCUT2D eigenvalue weighted by molar-refractivity contribution is 0.157. The standard InChI is InChI=1S/C14H29NO/c1-10(2)13-6-5-11(3)7-14(13)15-8-12(4)9-16/h10-16H,5-9H2,1-4H3. The molecule has 4 unspecified atom stereocenters. The molecule has 0 aromatic carbocycles. The summed E-state index contributed by atoms with van der Waals surface area (Å²) in [7, 11) is 0. The second-order valence-electron chi connectivity index (χ2n) is 6.13. The van der Waals surface area contributed by atoms with E-state index in [2.05, 4.69) is 33.0 Å². The van der Waals surface area contributed by atoms with Crippen LogP contribution in [0.3, 0.4) is 0 Å². The Bertz CT molecular complexity index is 193. The number of aliphatic hydroxyl groups is 1. The molecule has 16 heavy (non-hydrogen) atoms. The van der Waals surface area contributed by atoms with Crippen LogP contribution in [0.5, 0.6) is 0 Å². The molecule has 0 aromatic rings. The van der Waals surface area contributed by atoms with E-state index >= 15 is 0 Å². The summed E-state index contributed by atoms with van der Waals surface area (Å²) in [5.74, 6) is 2.83. The maximum atomic E-state index is 9.05. The molecular weight excluding hydrogens is 198 g/mol. The molecule has 0 radical (unpaired) electrons. The second-order valence-corrected chi connectivity index (χ2v) is 6.13. The van der Waals surface area contributed by atoms with Crippen LogP contribution in [0.25, 0.3) is 0 Å². The molecule has 1 aliphatic carbocycles. The van der Waals surface area contributed by atoms with Gasteiger partial charge >= 0.3 is 0 Å². The summed E-state index contributed by atoms with van der Waals surface area (Å²) >= 11 is 0. The minimum atomic E-state index is 0.293. The smallest absolute Gasteiger partial charge is 0.0468 e. The summed E-state index contributed by atoms with van der Waals surface area (Å²) < 4.78 is 0. The highest BCUT2D eigenvalue weighted by Crippen LogP contribution is 2.33. The molecule has 2 heteroatoms. The van der Waals surface area contributed by atoms with Crippen molar-refractivity contribution in [1.82, 2.24) is 5.32 Å². The predicted octanol–water partition coefficient (Wildman–Crippen LogP) is 2.67. The Balaban J connectivity index is 2.44. The zero-order chi connectivity index (χ0) is 12.1. The molecule has 0 aliphatic heterocycles. The fourth-order valence-corrected chi connectivity index (χ4v) is 2.85. The first-order valence-electron chi connectivity index (χ1n) is 6.88. The normalized spacial score (nSPS) is 33.0. The van der Waals surface area contributed by atoms with Crippen LogP contribution in [0.15, 0.2) is 0 Å². The van der Waals surface area contributed by atoms with E-state index in [9.17, 15) is 0 Å². The number of hydrogen-bond acceptors (Lipinski definition) is 2. The molecule has 0 amide bonds. The van der Waals surface area contributed by atoms with Crippen molar-refractivity contribution in [2.75, 3.05) is 13.2 Å². The summed E-state index contributed by atoms with van der Waals surface area (Å²) in [5, 5.41) is 12.7. The van der Waals surface area contributed by atoms with Crippen LogP contribution in [0.2, 0.25) is 0 Å². The van der Waals surface area contributed by atoms with Gasteiger partial charge in [-0.3, -0.25) is 0 Å². The van der Waals surface area contributed by atoms with E-state index in [0.29, 0.717) is 18.6 Å². The SMILES string of the molecule is CC(CO)CNC1CC(C)CCC1C(C)C. The molecular formula is C14H29NO. The second kappa shape index (κ2) is 6.61. The van der Waals surface area contributed by atoms with E-state index < -0.39 is 0 Å². The lowest BCUT2D eigenvalue weighted by atomic mass is 9.74. The van der Waals surface area contributed by atoms with Crippen LogP contribution in [-0.4, -0.2) is 24.3 Å². The van der Waals surface area contributed by atoms with Crippen molar-refractivity contribution in [3.05, 3.63) is 0 Å². The highest BCUT2D eigenvalue weighted by molar-refractivity contribution is 4.85. The zero-order valence-electron chi connectivity index (χ0n) is 11.4. The molecule has 0 aromatic heterocycles. The summed E-state index contributed by atoms with van der Waals surface area (Å²) in [6.07, 6.45) is 4.06. The molecule has 1 rings (SSSR count). The van der Waals surface area contributed by atoms with Crippen molar-refractivity contribution in [1.29, 1.82) is 0 Å². The molecule has 0 saturated heterocycles. The maximum absolute atomic E-state index is 9.05. The van der Waals surface area contributed by atoms with Crippen LogP contribution < -0.4 is 5.32 Å². The van der Waals surface area contributed by atoms with Crippen molar-refractivity contribution in [3.8, 4) is 0 Å². The van der Waals surface area contributed by atoms with Gasteiger partial charge in [0.05, 0.1) is 0 Å². The molecule has 96 valence electrons. The van der Waals surface area contributed by atoms with Crippen molar-refractivity contribution < 1.29 is 5.11 Å². The van der Waals surface area contributed by atoms with Gasteiger partial charge in [-0.1, -0.05) is 34.1 Å². The van der Waals surface area contributed by atoms with Crippen LogP contribution in [0.1, 0.15) is 47.0 Å². The Morgan fingerprint density at radius 1 is 1.25 bits per heavy atom. The first kappa shape index (κ1) is 14.0. The molecule has 0 heterocycles. The first-order valence-corrected chi connectivity index (χ1v) is 6.88. The Labute approximate surface area is 101 Å². The van der Waals surface area contributed by atoms with Gasteiger partial charge in [-0.05, 0) is 36.5 Å². The van der Waals surface area contributed by atoms with E-state index in [1.54, 1.807) is 0 Å². The average Bonchev–Trinajstić information content (AvgIpc) is 2.25. The van der Waals surface area contributed by atoms with Gasteiger partial charge in [-0.15, -0.1) is 0 Å². The van der Waals surface area contributed by atoms with Gasteiger partial charge < -0.3 is 10.4 Å². The third-order valence-electron chi connectivity index (χ3n) is 4.06. The minimum absolute atomic E-state index is 0.293. The molecule has 0 bridgehead atoms. The maximum Gasteiger partial charge on any atom is 0.0468 e. The fraction of sp³-hybridized carbons (Fsp3) is 1.00. The topological polar surface area (TPSA) is 32.3 Å². The van der Waals surface area contributed by atoms with Crippen LogP contribution in [0, 0.1) is 23.7 Å². The molecule has 1 aliphatic rings. The molecule has 2 nitrogen and oxygen atoms in total. The lowest BCUT2D eigenvalue weighted by Gasteiger charge is -2.38.